The second kappa shape index (κ2) is 4.97. The van der Waals surface area contributed by atoms with Gasteiger partial charge in [0.25, 0.3) is 0 Å². The number of ether oxygens (including phenoxy) is 1. The minimum absolute atomic E-state index is 0.501. The lowest BCUT2D eigenvalue weighted by molar-refractivity contribution is -0.0548. The second-order valence-corrected chi connectivity index (χ2v) is 4.78. The standard InChI is InChI=1S/C13H22O/c1-2-11-9-6-10-14-13(11)12-7-4-3-5-8-12/h2,11-13H,1,3-10H2/t11-,13+/m1/s1. The van der Waals surface area contributed by atoms with Gasteiger partial charge in [0, 0.05) is 12.5 Å². The van der Waals surface area contributed by atoms with E-state index in [-0.39, 0.29) is 0 Å². The van der Waals surface area contributed by atoms with E-state index >= 15 is 0 Å². The summed E-state index contributed by atoms with van der Waals surface area (Å²) < 4.78 is 5.95. The predicted octanol–water partition coefficient (Wildman–Crippen LogP) is 3.55. The first-order valence-corrected chi connectivity index (χ1v) is 6.16. The molecule has 1 aliphatic carbocycles. The van der Waals surface area contributed by atoms with E-state index in [1.807, 2.05) is 0 Å². The minimum Gasteiger partial charge on any atom is -0.377 e. The van der Waals surface area contributed by atoms with Crippen LogP contribution in [-0.2, 0) is 4.74 Å². The molecule has 1 heteroatoms. The maximum Gasteiger partial charge on any atom is 0.0665 e. The number of hydrogen-bond acceptors (Lipinski definition) is 1. The summed E-state index contributed by atoms with van der Waals surface area (Å²) in [4.78, 5) is 0. The molecule has 2 atom stereocenters. The maximum atomic E-state index is 5.95. The summed E-state index contributed by atoms with van der Waals surface area (Å²) in [6.45, 7) is 4.93. The lowest BCUT2D eigenvalue weighted by Gasteiger charge is -2.37. The quantitative estimate of drug-likeness (QED) is 0.611. The van der Waals surface area contributed by atoms with Gasteiger partial charge < -0.3 is 4.74 Å². The Kier molecular flexibility index (Phi) is 3.63. The van der Waals surface area contributed by atoms with Crippen LogP contribution in [0.3, 0.4) is 0 Å². The van der Waals surface area contributed by atoms with Gasteiger partial charge in [0.1, 0.15) is 0 Å². The molecule has 0 amide bonds. The highest BCUT2D eigenvalue weighted by atomic mass is 16.5. The molecule has 1 heterocycles. The highest BCUT2D eigenvalue weighted by Crippen LogP contribution is 2.35. The van der Waals surface area contributed by atoms with Crippen LogP contribution < -0.4 is 0 Å². The Morgan fingerprint density at radius 1 is 1.00 bits per heavy atom. The molecule has 14 heavy (non-hydrogen) atoms. The van der Waals surface area contributed by atoms with Crippen molar-refractivity contribution in [3.63, 3.8) is 0 Å². The molecule has 1 saturated carbocycles. The van der Waals surface area contributed by atoms with E-state index in [9.17, 15) is 0 Å². The molecule has 0 aromatic rings. The zero-order chi connectivity index (χ0) is 9.80. The van der Waals surface area contributed by atoms with Gasteiger partial charge in [0.05, 0.1) is 6.10 Å². The van der Waals surface area contributed by atoms with E-state index in [0.717, 1.165) is 12.5 Å². The van der Waals surface area contributed by atoms with Crippen LogP contribution in [-0.4, -0.2) is 12.7 Å². The van der Waals surface area contributed by atoms with Gasteiger partial charge in [-0.05, 0) is 31.6 Å². The van der Waals surface area contributed by atoms with Crippen LogP contribution in [0.25, 0.3) is 0 Å². The molecule has 2 aliphatic rings. The van der Waals surface area contributed by atoms with E-state index in [1.54, 1.807) is 0 Å². The monoisotopic (exact) mass is 194 g/mol. The summed E-state index contributed by atoms with van der Waals surface area (Å²) in [5.74, 6) is 1.46. The SMILES string of the molecule is C=C[C@@H]1CCCO[C@@H]1C1CCCCC1. The lowest BCUT2D eigenvalue weighted by Crippen LogP contribution is -2.36. The first-order valence-electron chi connectivity index (χ1n) is 6.16. The molecule has 0 bridgehead atoms. The minimum atomic E-state index is 0.501. The van der Waals surface area contributed by atoms with Gasteiger partial charge in [0.2, 0.25) is 0 Å². The van der Waals surface area contributed by atoms with Crippen LogP contribution in [0.4, 0.5) is 0 Å². The molecule has 1 saturated heterocycles. The van der Waals surface area contributed by atoms with Crippen LogP contribution in [0.2, 0.25) is 0 Å². The summed E-state index contributed by atoms with van der Waals surface area (Å²) in [5.41, 5.74) is 0. The predicted molar refractivity (Wildman–Crippen MR) is 59.2 cm³/mol. The first kappa shape index (κ1) is 10.2. The fourth-order valence-electron chi connectivity index (χ4n) is 3.03. The maximum absolute atomic E-state index is 5.95. The molecular weight excluding hydrogens is 172 g/mol. The van der Waals surface area contributed by atoms with Crippen molar-refractivity contribution in [3.8, 4) is 0 Å². The molecule has 0 aromatic carbocycles. The average Bonchev–Trinajstić information content (AvgIpc) is 2.30. The third kappa shape index (κ3) is 2.20. The van der Waals surface area contributed by atoms with Gasteiger partial charge >= 0.3 is 0 Å². The van der Waals surface area contributed by atoms with E-state index in [2.05, 4.69) is 12.7 Å². The Balaban J connectivity index is 1.94. The summed E-state index contributed by atoms with van der Waals surface area (Å²) in [5, 5.41) is 0. The Hall–Kier alpha value is -0.300. The van der Waals surface area contributed by atoms with Crippen LogP contribution >= 0.6 is 0 Å². The Morgan fingerprint density at radius 2 is 1.79 bits per heavy atom. The van der Waals surface area contributed by atoms with Crippen molar-refractivity contribution in [3.05, 3.63) is 12.7 Å². The van der Waals surface area contributed by atoms with Crippen molar-refractivity contribution in [2.75, 3.05) is 6.61 Å². The summed E-state index contributed by atoms with van der Waals surface area (Å²) in [6, 6.07) is 0. The zero-order valence-electron chi connectivity index (χ0n) is 9.08. The Morgan fingerprint density at radius 3 is 2.50 bits per heavy atom. The molecule has 1 nitrogen and oxygen atoms in total. The fraction of sp³-hybridized carbons (Fsp3) is 0.846. The summed E-state index contributed by atoms with van der Waals surface area (Å²) >= 11 is 0. The highest BCUT2D eigenvalue weighted by Gasteiger charge is 2.31. The fourth-order valence-corrected chi connectivity index (χ4v) is 3.03. The van der Waals surface area contributed by atoms with Gasteiger partial charge in [-0.25, -0.2) is 0 Å². The topological polar surface area (TPSA) is 9.23 Å². The van der Waals surface area contributed by atoms with Crippen molar-refractivity contribution in [2.45, 2.75) is 51.0 Å². The third-order valence-electron chi connectivity index (χ3n) is 3.83. The molecule has 2 rings (SSSR count). The van der Waals surface area contributed by atoms with Gasteiger partial charge in [-0.15, -0.1) is 6.58 Å². The van der Waals surface area contributed by atoms with Crippen LogP contribution in [0.1, 0.15) is 44.9 Å². The number of rotatable bonds is 2. The normalized spacial score (nSPS) is 35.4. The van der Waals surface area contributed by atoms with Gasteiger partial charge in [-0.2, -0.15) is 0 Å². The second-order valence-electron chi connectivity index (χ2n) is 4.78. The molecule has 1 aliphatic heterocycles. The molecule has 0 spiro atoms. The Labute approximate surface area is 87.5 Å². The van der Waals surface area contributed by atoms with Crippen molar-refractivity contribution in [1.82, 2.24) is 0 Å². The molecule has 0 unspecified atom stereocenters. The zero-order valence-corrected chi connectivity index (χ0v) is 9.08. The summed E-state index contributed by atoms with van der Waals surface area (Å²) in [6.07, 6.45) is 12.2. The van der Waals surface area contributed by atoms with Crippen LogP contribution in [0, 0.1) is 11.8 Å². The van der Waals surface area contributed by atoms with E-state index in [4.69, 9.17) is 4.74 Å². The van der Waals surface area contributed by atoms with Crippen molar-refractivity contribution < 1.29 is 4.74 Å². The third-order valence-corrected chi connectivity index (χ3v) is 3.83. The van der Waals surface area contributed by atoms with E-state index in [0.29, 0.717) is 12.0 Å². The number of hydrogen-bond donors (Lipinski definition) is 0. The van der Waals surface area contributed by atoms with E-state index in [1.165, 1.54) is 44.9 Å². The molecule has 2 fully saturated rings. The molecule has 80 valence electrons. The molecule has 0 aromatic heterocycles. The lowest BCUT2D eigenvalue weighted by atomic mass is 9.78. The van der Waals surface area contributed by atoms with Crippen LogP contribution in [0.15, 0.2) is 12.7 Å². The smallest absolute Gasteiger partial charge is 0.0665 e. The van der Waals surface area contributed by atoms with Gasteiger partial charge in [-0.3, -0.25) is 0 Å². The van der Waals surface area contributed by atoms with Gasteiger partial charge in [-0.1, -0.05) is 25.3 Å². The highest BCUT2D eigenvalue weighted by molar-refractivity contribution is 4.91. The molecular formula is C13H22O. The summed E-state index contributed by atoms with van der Waals surface area (Å²) in [7, 11) is 0. The van der Waals surface area contributed by atoms with Crippen molar-refractivity contribution in [2.24, 2.45) is 11.8 Å². The van der Waals surface area contributed by atoms with Crippen LogP contribution in [0.5, 0.6) is 0 Å². The van der Waals surface area contributed by atoms with Crippen molar-refractivity contribution in [1.29, 1.82) is 0 Å². The Bertz CT molecular complexity index is 182. The van der Waals surface area contributed by atoms with E-state index < -0.39 is 0 Å². The largest absolute Gasteiger partial charge is 0.377 e. The first-order chi connectivity index (χ1) is 6.92. The molecule has 0 N–H and O–H groups in total. The average molecular weight is 194 g/mol. The van der Waals surface area contributed by atoms with Gasteiger partial charge in [0.15, 0.2) is 0 Å². The molecule has 0 radical (unpaired) electrons. The van der Waals surface area contributed by atoms with Crippen molar-refractivity contribution >= 4 is 0 Å².